The largest absolute Gasteiger partial charge is 0.481 e. The molecule has 0 aromatic carbocycles. The van der Waals surface area contributed by atoms with Crippen LogP contribution < -0.4 is 10.1 Å². The van der Waals surface area contributed by atoms with Gasteiger partial charge in [-0.2, -0.15) is 0 Å². The highest BCUT2D eigenvalue weighted by Crippen LogP contribution is 2.29. The van der Waals surface area contributed by atoms with Crippen molar-refractivity contribution in [3.05, 3.63) is 42.0 Å². The quantitative estimate of drug-likeness (QED) is 0.817. The molecule has 4 rings (SSSR count). The first kappa shape index (κ1) is 17.2. The zero-order valence-electron chi connectivity index (χ0n) is 15.1. The predicted molar refractivity (Wildman–Crippen MR) is 98.0 cm³/mol. The van der Waals surface area contributed by atoms with Crippen molar-refractivity contribution < 1.29 is 9.47 Å². The van der Waals surface area contributed by atoms with Gasteiger partial charge in [-0.3, -0.25) is 4.90 Å². The molecule has 3 heterocycles. The highest BCUT2D eigenvalue weighted by atomic mass is 16.5. The maximum absolute atomic E-state index is 5.72. The fraction of sp³-hybridized carbons (Fsp3) is 0.526. The van der Waals surface area contributed by atoms with Crippen LogP contribution in [0.15, 0.2) is 30.6 Å². The van der Waals surface area contributed by atoms with Crippen LogP contribution in [-0.4, -0.2) is 53.3 Å². The zero-order chi connectivity index (χ0) is 17.8. The van der Waals surface area contributed by atoms with Crippen molar-refractivity contribution in [3.8, 4) is 5.88 Å². The first-order valence-electron chi connectivity index (χ1n) is 9.20. The number of pyridine rings is 1. The van der Waals surface area contributed by atoms with E-state index in [0.717, 1.165) is 42.8 Å². The molecule has 0 amide bonds. The van der Waals surface area contributed by atoms with Crippen LogP contribution in [0.25, 0.3) is 0 Å². The van der Waals surface area contributed by atoms with Gasteiger partial charge >= 0.3 is 0 Å². The van der Waals surface area contributed by atoms with Gasteiger partial charge in [-0.15, -0.1) is 0 Å². The Labute approximate surface area is 153 Å². The molecule has 1 saturated carbocycles. The van der Waals surface area contributed by atoms with E-state index in [0.29, 0.717) is 19.1 Å². The number of rotatable bonds is 7. The van der Waals surface area contributed by atoms with Gasteiger partial charge in [0.15, 0.2) is 0 Å². The van der Waals surface area contributed by atoms with Crippen molar-refractivity contribution in [1.82, 2.24) is 19.9 Å². The lowest BCUT2D eigenvalue weighted by Crippen LogP contribution is -2.40. The number of hydrogen-bond acceptors (Lipinski definition) is 7. The molecule has 2 aromatic heterocycles. The second-order valence-corrected chi connectivity index (χ2v) is 6.86. The normalized spacial score (nSPS) is 20.7. The molecule has 0 bridgehead atoms. The Morgan fingerprint density at radius 2 is 2.19 bits per heavy atom. The van der Waals surface area contributed by atoms with E-state index in [4.69, 9.17) is 14.5 Å². The molecule has 1 N–H and O–H groups in total. The maximum atomic E-state index is 5.72. The number of anilines is 1. The molecular formula is C19H25N5O2. The molecule has 0 radical (unpaired) electrons. The van der Waals surface area contributed by atoms with Gasteiger partial charge in [0.05, 0.1) is 26.4 Å². The van der Waals surface area contributed by atoms with Crippen LogP contribution in [0, 0.1) is 5.92 Å². The fourth-order valence-corrected chi connectivity index (χ4v) is 3.22. The minimum Gasteiger partial charge on any atom is -0.481 e. The fourth-order valence-electron chi connectivity index (χ4n) is 3.22. The molecule has 1 atom stereocenters. The first-order chi connectivity index (χ1) is 12.8. The smallest absolute Gasteiger partial charge is 0.217 e. The first-order valence-corrected chi connectivity index (χ1v) is 9.20. The Hall–Kier alpha value is -2.25. The summed E-state index contributed by atoms with van der Waals surface area (Å²) in [6.07, 6.45) is 6.22. The number of methoxy groups -OCH3 is 1. The highest BCUT2D eigenvalue weighted by Gasteiger charge is 2.28. The standard InChI is InChI=1S/C19H25N5O2/c1-25-19-15(3-2-7-21-19)12-24-9-10-26-13-16(24)18-20-8-6-17(23-18)22-11-14-4-5-14/h2-3,6-8,14,16H,4-5,9-13H2,1H3,(H,20,22,23). The third-order valence-corrected chi connectivity index (χ3v) is 4.90. The summed E-state index contributed by atoms with van der Waals surface area (Å²) in [5.74, 6) is 3.17. The minimum atomic E-state index is 0.0244. The lowest BCUT2D eigenvalue weighted by atomic mass is 10.1. The lowest BCUT2D eigenvalue weighted by molar-refractivity contribution is -0.0162. The average Bonchev–Trinajstić information content (AvgIpc) is 3.52. The van der Waals surface area contributed by atoms with E-state index in [9.17, 15) is 0 Å². The number of aromatic nitrogens is 3. The second kappa shape index (κ2) is 7.97. The van der Waals surface area contributed by atoms with Crippen LogP contribution in [0.1, 0.15) is 30.3 Å². The van der Waals surface area contributed by atoms with Gasteiger partial charge in [-0.25, -0.2) is 15.0 Å². The van der Waals surface area contributed by atoms with Gasteiger partial charge in [0.25, 0.3) is 0 Å². The Balaban J connectivity index is 1.50. The Morgan fingerprint density at radius 3 is 3.04 bits per heavy atom. The molecule has 26 heavy (non-hydrogen) atoms. The third kappa shape index (κ3) is 4.11. The second-order valence-electron chi connectivity index (χ2n) is 6.86. The average molecular weight is 355 g/mol. The van der Waals surface area contributed by atoms with Crippen molar-refractivity contribution in [2.75, 3.05) is 38.7 Å². The lowest BCUT2D eigenvalue weighted by Gasteiger charge is -2.34. The molecule has 2 aliphatic rings. The Morgan fingerprint density at radius 1 is 1.27 bits per heavy atom. The van der Waals surface area contributed by atoms with Crippen molar-refractivity contribution in [2.45, 2.75) is 25.4 Å². The van der Waals surface area contributed by atoms with Gasteiger partial charge < -0.3 is 14.8 Å². The summed E-state index contributed by atoms with van der Waals surface area (Å²) >= 11 is 0. The predicted octanol–water partition coefficient (Wildman–Crippen LogP) is 2.28. The maximum Gasteiger partial charge on any atom is 0.217 e. The molecule has 138 valence electrons. The summed E-state index contributed by atoms with van der Waals surface area (Å²) in [4.78, 5) is 15.9. The number of morpholine rings is 1. The molecule has 1 aliphatic heterocycles. The number of ether oxygens (including phenoxy) is 2. The molecule has 1 aliphatic carbocycles. The molecule has 1 saturated heterocycles. The number of nitrogens with one attached hydrogen (secondary N) is 1. The summed E-state index contributed by atoms with van der Waals surface area (Å²) in [7, 11) is 1.65. The van der Waals surface area contributed by atoms with Crippen LogP contribution in [0.3, 0.4) is 0 Å². The summed E-state index contributed by atoms with van der Waals surface area (Å²) in [5.41, 5.74) is 1.06. The minimum absolute atomic E-state index is 0.0244. The van der Waals surface area contributed by atoms with E-state index in [1.54, 1.807) is 13.3 Å². The highest BCUT2D eigenvalue weighted by molar-refractivity contribution is 5.34. The van der Waals surface area contributed by atoms with Crippen molar-refractivity contribution in [1.29, 1.82) is 0 Å². The van der Waals surface area contributed by atoms with E-state index in [1.807, 2.05) is 24.4 Å². The Bertz CT molecular complexity index is 737. The topological polar surface area (TPSA) is 72.4 Å². The SMILES string of the molecule is COc1ncccc1CN1CCOCC1c1nccc(NCC2CC2)n1. The number of nitrogens with zero attached hydrogens (tertiary/aromatic N) is 4. The third-order valence-electron chi connectivity index (χ3n) is 4.90. The zero-order valence-corrected chi connectivity index (χ0v) is 15.1. The van der Waals surface area contributed by atoms with Gasteiger partial charge in [0.2, 0.25) is 5.88 Å². The summed E-state index contributed by atoms with van der Waals surface area (Å²) in [5, 5.41) is 3.43. The molecule has 1 unspecified atom stereocenters. The van der Waals surface area contributed by atoms with Crippen LogP contribution in [0.4, 0.5) is 5.82 Å². The van der Waals surface area contributed by atoms with E-state index in [1.165, 1.54) is 12.8 Å². The molecule has 7 nitrogen and oxygen atoms in total. The monoisotopic (exact) mass is 355 g/mol. The van der Waals surface area contributed by atoms with Crippen LogP contribution >= 0.6 is 0 Å². The van der Waals surface area contributed by atoms with E-state index in [2.05, 4.69) is 20.2 Å². The number of hydrogen-bond donors (Lipinski definition) is 1. The Kier molecular flexibility index (Phi) is 5.26. The molecular weight excluding hydrogens is 330 g/mol. The molecule has 2 aromatic rings. The summed E-state index contributed by atoms with van der Waals surface area (Å²) < 4.78 is 11.1. The van der Waals surface area contributed by atoms with Crippen molar-refractivity contribution >= 4 is 5.82 Å². The van der Waals surface area contributed by atoms with E-state index >= 15 is 0 Å². The van der Waals surface area contributed by atoms with Gasteiger partial charge in [0, 0.05) is 37.6 Å². The van der Waals surface area contributed by atoms with Gasteiger partial charge in [-0.05, 0) is 30.9 Å². The molecule has 0 spiro atoms. The molecule has 7 heteroatoms. The van der Waals surface area contributed by atoms with E-state index in [-0.39, 0.29) is 6.04 Å². The van der Waals surface area contributed by atoms with Crippen LogP contribution in [0.5, 0.6) is 5.88 Å². The van der Waals surface area contributed by atoms with Crippen molar-refractivity contribution in [2.24, 2.45) is 5.92 Å². The van der Waals surface area contributed by atoms with Crippen LogP contribution in [-0.2, 0) is 11.3 Å². The van der Waals surface area contributed by atoms with Gasteiger partial charge in [-0.1, -0.05) is 6.07 Å². The van der Waals surface area contributed by atoms with Crippen LogP contribution in [0.2, 0.25) is 0 Å². The van der Waals surface area contributed by atoms with Crippen molar-refractivity contribution in [3.63, 3.8) is 0 Å². The summed E-state index contributed by atoms with van der Waals surface area (Å²) in [6.45, 7) is 3.85. The summed E-state index contributed by atoms with van der Waals surface area (Å²) in [6, 6.07) is 5.94. The van der Waals surface area contributed by atoms with Gasteiger partial charge in [0.1, 0.15) is 11.6 Å². The van der Waals surface area contributed by atoms with E-state index < -0.39 is 0 Å². The molecule has 2 fully saturated rings.